The number of hydrazine groups is 1. The molecule has 1 atom stereocenters. The Morgan fingerprint density at radius 2 is 1.90 bits per heavy atom. The number of hydrogen-bond acceptors (Lipinski definition) is 3. The highest BCUT2D eigenvalue weighted by molar-refractivity contribution is 5.30. The van der Waals surface area contributed by atoms with E-state index in [0.717, 1.165) is 18.5 Å². The van der Waals surface area contributed by atoms with Crippen LogP contribution in [0.1, 0.15) is 28.1 Å². The SMILES string of the molecule is Cc1cc(CC(Cc2ccc(C)c(C)c2)NN)n(C)n1. The summed E-state index contributed by atoms with van der Waals surface area (Å²) in [4.78, 5) is 0. The van der Waals surface area contributed by atoms with Crippen LogP contribution >= 0.6 is 0 Å². The van der Waals surface area contributed by atoms with E-state index in [1.165, 1.54) is 22.4 Å². The van der Waals surface area contributed by atoms with E-state index in [4.69, 9.17) is 5.84 Å². The summed E-state index contributed by atoms with van der Waals surface area (Å²) >= 11 is 0. The Morgan fingerprint density at radius 1 is 1.15 bits per heavy atom. The third-order valence-electron chi connectivity index (χ3n) is 3.84. The molecule has 0 amide bonds. The zero-order valence-corrected chi connectivity index (χ0v) is 12.8. The first-order chi connectivity index (χ1) is 9.49. The minimum atomic E-state index is 0.215. The molecule has 0 aliphatic carbocycles. The summed E-state index contributed by atoms with van der Waals surface area (Å²) in [6, 6.07) is 8.93. The molecule has 0 fully saturated rings. The van der Waals surface area contributed by atoms with Gasteiger partial charge in [-0.3, -0.25) is 16.0 Å². The molecular formula is C16H24N4. The minimum Gasteiger partial charge on any atom is -0.272 e. The predicted octanol–water partition coefficient (Wildman–Crippen LogP) is 1.96. The number of nitrogens with zero attached hydrogens (tertiary/aromatic N) is 2. The molecule has 1 heterocycles. The topological polar surface area (TPSA) is 55.9 Å². The summed E-state index contributed by atoms with van der Waals surface area (Å²) in [6.45, 7) is 6.29. The fraction of sp³-hybridized carbons (Fsp3) is 0.438. The third-order valence-corrected chi connectivity index (χ3v) is 3.84. The van der Waals surface area contributed by atoms with Gasteiger partial charge in [0.1, 0.15) is 0 Å². The summed E-state index contributed by atoms with van der Waals surface area (Å²) in [5.74, 6) is 5.71. The highest BCUT2D eigenvalue weighted by atomic mass is 15.3. The molecule has 2 aromatic rings. The molecule has 0 spiro atoms. The van der Waals surface area contributed by atoms with E-state index in [1.54, 1.807) is 0 Å². The molecule has 0 aliphatic rings. The number of nitrogens with two attached hydrogens (primary N) is 1. The summed E-state index contributed by atoms with van der Waals surface area (Å²) in [5.41, 5.74) is 9.15. The van der Waals surface area contributed by atoms with Crippen molar-refractivity contribution in [3.63, 3.8) is 0 Å². The van der Waals surface area contributed by atoms with E-state index in [-0.39, 0.29) is 6.04 Å². The average Bonchev–Trinajstić information content (AvgIpc) is 2.71. The van der Waals surface area contributed by atoms with E-state index in [2.05, 4.69) is 48.6 Å². The Bertz CT molecular complexity index is 586. The maximum absolute atomic E-state index is 5.71. The van der Waals surface area contributed by atoms with Gasteiger partial charge in [0.15, 0.2) is 0 Å². The fourth-order valence-electron chi connectivity index (χ4n) is 2.51. The van der Waals surface area contributed by atoms with Gasteiger partial charge < -0.3 is 0 Å². The molecule has 0 radical (unpaired) electrons. The smallest absolute Gasteiger partial charge is 0.0596 e. The lowest BCUT2D eigenvalue weighted by Crippen LogP contribution is -2.38. The highest BCUT2D eigenvalue weighted by Crippen LogP contribution is 2.13. The van der Waals surface area contributed by atoms with Gasteiger partial charge in [0.2, 0.25) is 0 Å². The Hall–Kier alpha value is -1.65. The molecular weight excluding hydrogens is 248 g/mol. The number of rotatable bonds is 5. The Labute approximate surface area is 121 Å². The van der Waals surface area contributed by atoms with E-state index in [9.17, 15) is 0 Å². The Balaban J connectivity index is 2.08. The molecule has 1 aromatic carbocycles. The van der Waals surface area contributed by atoms with Crippen molar-refractivity contribution in [3.05, 3.63) is 52.3 Å². The molecule has 1 unspecified atom stereocenters. The van der Waals surface area contributed by atoms with E-state index < -0.39 is 0 Å². The first kappa shape index (κ1) is 14.8. The average molecular weight is 272 g/mol. The fourth-order valence-corrected chi connectivity index (χ4v) is 2.51. The zero-order chi connectivity index (χ0) is 14.7. The van der Waals surface area contributed by atoms with Gasteiger partial charge in [-0.05, 0) is 49.9 Å². The van der Waals surface area contributed by atoms with E-state index in [0.29, 0.717) is 0 Å². The van der Waals surface area contributed by atoms with Crippen molar-refractivity contribution in [1.82, 2.24) is 15.2 Å². The second kappa shape index (κ2) is 6.20. The Morgan fingerprint density at radius 3 is 2.45 bits per heavy atom. The van der Waals surface area contributed by atoms with Crippen molar-refractivity contribution in [2.24, 2.45) is 12.9 Å². The van der Waals surface area contributed by atoms with E-state index in [1.807, 2.05) is 18.7 Å². The van der Waals surface area contributed by atoms with Crippen LogP contribution in [0.4, 0.5) is 0 Å². The van der Waals surface area contributed by atoms with E-state index >= 15 is 0 Å². The zero-order valence-electron chi connectivity index (χ0n) is 12.8. The van der Waals surface area contributed by atoms with Crippen LogP contribution in [-0.2, 0) is 19.9 Å². The van der Waals surface area contributed by atoms with Crippen molar-refractivity contribution >= 4 is 0 Å². The van der Waals surface area contributed by atoms with Gasteiger partial charge in [-0.15, -0.1) is 0 Å². The van der Waals surface area contributed by atoms with Crippen LogP contribution in [0, 0.1) is 20.8 Å². The first-order valence-corrected chi connectivity index (χ1v) is 7.01. The van der Waals surface area contributed by atoms with Crippen molar-refractivity contribution in [1.29, 1.82) is 0 Å². The second-order valence-electron chi connectivity index (χ2n) is 5.59. The highest BCUT2D eigenvalue weighted by Gasteiger charge is 2.12. The van der Waals surface area contributed by atoms with Crippen molar-refractivity contribution in [3.8, 4) is 0 Å². The van der Waals surface area contributed by atoms with Gasteiger partial charge in [0.25, 0.3) is 0 Å². The summed E-state index contributed by atoms with van der Waals surface area (Å²) < 4.78 is 1.93. The molecule has 4 nitrogen and oxygen atoms in total. The predicted molar refractivity (Wildman–Crippen MR) is 82.4 cm³/mol. The minimum absolute atomic E-state index is 0.215. The number of aromatic nitrogens is 2. The summed E-state index contributed by atoms with van der Waals surface area (Å²) in [6.07, 6.45) is 1.79. The number of hydrogen-bond donors (Lipinski definition) is 2. The number of aryl methyl sites for hydroxylation is 4. The molecule has 0 saturated carbocycles. The maximum atomic E-state index is 5.71. The second-order valence-corrected chi connectivity index (χ2v) is 5.59. The molecule has 20 heavy (non-hydrogen) atoms. The molecule has 3 N–H and O–H groups in total. The van der Waals surface area contributed by atoms with Gasteiger partial charge in [0.05, 0.1) is 5.69 Å². The number of benzene rings is 1. The van der Waals surface area contributed by atoms with Gasteiger partial charge in [-0.25, -0.2) is 0 Å². The van der Waals surface area contributed by atoms with Gasteiger partial charge >= 0.3 is 0 Å². The molecule has 4 heteroatoms. The van der Waals surface area contributed by atoms with Crippen molar-refractivity contribution in [2.45, 2.75) is 39.7 Å². The Kier molecular flexibility index (Phi) is 4.57. The van der Waals surface area contributed by atoms with Crippen LogP contribution in [0.15, 0.2) is 24.3 Å². The first-order valence-electron chi connectivity index (χ1n) is 7.01. The lowest BCUT2D eigenvalue weighted by atomic mass is 9.99. The standard InChI is InChI=1S/C16H24N4/c1-11-5-6-14(7-12(11)2)9-15(18-17)10-16-8-13(3)19-20(16)4/h5-8,15,18H,9-10,17H2,1-4H3. The van der Waals surface area contributed by atoms with Gasteiger partial charge in [0, 0.05) is 25.2 Å². The van der Waals surface area contributed by atoms with Crippen LogP contribution < -0.4 is 11.3 Å². The molecule has 1 aromatic heterocycles. The monoisotopic (exact) mass is 272 g/mol. The van der Waals surface area contributed by atoms with Crippen LogP contribution in [0.3, 0.4) is 0 Å². The van der Waals surface area contributed by atoms with Gasteiger partial charge in [-0.1, -0.05) is 18.2 Å². The van der Waals surface area contributed by atoms with Gasteiger partial charge in [-0.2, -0.15) is 5.10 Å². The molecule has 108 valence electrons. The maximum Gasteiger partial charge on any atom is 0.0596 e. The lowest BCUT2D eigenvalue weighted by molar-refractivity contribution is 0.505. The van der Waals surface area contributed by atoms with Crippen molar-refractivity contribution < 1.29 is 0 Å². The summed E-state index contributed by atoms with van der Waals surface area (Å²) in [5, 5.41) is 4.38. The molecule has 0 saturated heterocycles. The quantitative estimate of drug-likeness (QED) is 0.646. The largest absolute Gasteiger partial charge is 0.272 e. The molecule has 0 bridgehead atoms. The molecule has 2 rings (SSSR count). The molecule has 0 aliphatic heterocycles. The van der Waals surface area contributed by atoms with Crippen LogP contribution in [0.5, 0.6) is 0 Å². The number of nitrogens with one attached hydrogen (secondary N) is 1. The van der Waals surface area contributed by atoms with Crippen LogP contribution in [-0.4, -0.2) is 15.8 Å². The van der Waals surface area contributed by atoms with Crippen LogP contribution in [0.2, 0.25) is 0 Å². The lowest BCUT2D eigenvalue weighted by Gasteiger charge is -2.16. The van der Waals surface area contributed by atoms with Crippen LogP contribution in [0.25, 0.3) is 0 Å². The normalized spacial score (nSPS) is 12.7. The third kappa shape index (κ3) is 3.46. The van der Waals surface area contributed by atoms with Crippen molar-refractivity contribution in [2.75, 3.05) is 0 Å². The summed E-state index contributed by atoms with van der Waals surface area (Å²) in [7, 11) is 1.98.